The molecule has 100 valence electrons. The van der Waals surface area contributed by atoms with Gasteiger partial charge in [-0.1, -0.05) is 23.7 Å². The Kier molecular flexibility index (Phi) is 4.00. The summed E-state index contributed by atoms with van der Waals surface area (Å²) in [6, 6.07) is 7.31. The zero-order valence-electron chi connectivity index (χ0n) is 10.1. The number of anilines is 1. The molecular weight excluding hydrogens is 275 g/mol. The summed E-state index contributed by atoms with van der Waals surface area (Å²) >= 11 is 6.04. The second-order valence-corrected chi connectivity index (χ2v) is 4.61. The summed E-state index contributed by atoms with van der Waals surface area (Å²) in [5.41, 5.74) is 1.97. The number of aryl methyl sites for hydroxylation is 1. The van der Waals surface area contributed by atoms with E-state index in [2.05, 4.69) is 5.32 Å². The van der Waals surface area contributed by atoms with Crippen molar-refractivity contribution in [1.82, 2.24) is 0 Å². The Morgan fingerprint density at radius 1 is 1.05 bits per heavy atom. The highest BCUT2D eigenvalue weighted by atomic mass is 35.5. The zero-order chi connectivity index (χ0) is 14.0. The highest BCUT2D eigenvalue weighted by molar-refractivity contribution is 6.31. The summed E-state index contributed by atoms with van der Waals surface area (Å²) in [4.78, 5) is 0. The molecule has 0 saturated heterocycles. The monoisotopic (exact) mass is 285 g/mol. The summed E-state index contributed by atoms with van der Waals surface area (Å²) in [5, 5.41) is 3.36. The molecule has 0 aliphatic heterocycles. The minimum Gasteiger partial charge on any atom is -0.381 e. The largest absolute Gasteiger partial charge is 0.381 e. The van der Waals surface area contributed by atoms with Crippen LogP contribution in [0.2, 0.25) is 5.02 Å². The van der Waals surface area contributed by atoms with Crippen LogP contribution in [0.4, 0.5) is 18.9 Å². The van der Waals surface area contributed by atoms with Crippen molar-refractivity contribution in [3.63, 3.8) is 0 Å². The summed E-state index contributed by atoms with van der Waals surface area (Å²) in [6.07, 6.45) is 0. The van der Waals surface area contributed by atoms with Gasteiger partial charge in [0, 0.05) is 29.4 Å². The Labute approximate surface area is 114 Å². The van der Waals surface area contributed by atoms with Crippen molar-refractivity contribution >= 4 is 17.3 Å². The molecule has 2 aromatic rings. The minimum absolute atomic E-state index is 0.160. The standard InChI is InChI=1S/C14H11ClF3N/c1-8-2-3-9(11(15)4-8)7-19-10-5-12(16)14(18)13(17)6-10/h2-6,19H,7H2,1H3. The van der Waals surface area contributed by atoms with Crippen molar-refractivity contribution in [3.05, 3.63) is 63.9 Å². The fourth-order valence-electron chi connectivity index (χ4n) is 1.65. The number of hydrogen-bond acceptors (Lipinski definition) is 1. The maximum absolute atomic E-state index is 13.0. The van der Waals surface area contributed by atoms with E-state index in [0.29, 0.717) is 11.6 Å². The third kappa shape index (κ3) is 3.20. The van der Waals surface area contributed by atoms with Gasteiger partial charge >= 0.3 is 0 Å². The van der Waals surface area contributed by atoms with Gasteiger partial charge in [-0.25, -0.2) is 13.2 Å². The Morgan fingerprint density at radius 3 is 2.26 bits per heavy atom. The SMILES string of the molecule is Cc1ccc(CNc2cc(F)c(F)c(F)c2)c(Cl)c1. The molecule has 0 radical (unpaired) electrons. The third-order valence-electron chi connectivity index (χ3n) is 2.68. The van der Waals surface area contributed by atoms with Crippen LogP contribution in [0, 0.1) is 24.4 Å². The average Bonchev–Trinajstić information content (AvgIpc) is 2.34. The lowest BCUT2D eigenvalue weighted by Gasteiger charge is -2.09. The quantitative estimate of drug-likeness (QED) is 0.808. The lowest BCUT2D eigenvalue weighted by molar-refractivity contribution is 0.447. The van der Waals surface area contributed by atoms with E-state index in [9.17, 15) is 13.2 Å². The first-order valence-electron chi connectivity index (χ1n) is 5.61. The van der Waals surface area contributed by atoms with Crippen LogP contribution in [0.15, 0.2) is 30.3 Å². The molecule has 2 rings (SSSR count). The Balaban J connectivity index is 2.14. The first-order valence-corrected chi connectivity index (χ1v) is 5.98. The topological polar surface area (TPSA) is 12.0 Å². The maximum Gasteiger partial charge on any atom is 0.194 e. The molecule has 0 saturated carbocycles. The predicted molar refractivity (Wildman–Crippen MR) is 69.8 cm³/mol. The predicted octanol–water partition coefficient (Wildman–Crippen LogP) is 4.68. The molecule has 0 amide bonds. The van der Waals surface area contributed by atoms with Gasteiger partial charge in [0.1, 0.15) is 0 Å². The molecule has 1 N–H and O–H groups in total. The van der Waals surface area contributed by atoms with Crippen molar-refractivity contribution in [2.75, 3.05) is 5.32 Å². The average molecular weight is 286 g/mol. The minimum atomic E-state index is -1.47. The van der Waals surface area contributed by atoms with Gasteiger partial charge in [-0.05, 0) is 24.1 Å². The van der Waals surface area contributed by atoms with Gasteiger partial charge in [0.05, 0.1) is 0 Å². The highest BCUT2D eigenvalue weighted by Gasteiger charge is 2.10. The van der Waals surface area contributed by atoms with Gasteiger partial charge in [-0.15, -0.1) is 0 Å². The van der Waals surface area contributed by atoms with E-state index in [4.69, 9.17) is 11.6 Å². The highest BCUT2D eigenvalue weighted by Crippen LogP contribution is 2.21. The second kappa shape index (κ2) is 5.53. The number of rotatable bonds is 3. The second-order valence-electron chi connectivity index (χ2n) is 4.20. The van der Waals surface area contributed by atoms with E-state index in [1.807, 2.05) is 19.1 Å². The molecule has 5 heteroatoms. The molecule has 1 nitrogen and oxygen atoms in total. The van der Waals surface area contributed by atoms with E-state index < -0.39 is 17.5 Å². The summed E-state index contributed by atoms with van der Waals surface area (Å²) in [7, 11) is 0. The van der Waals surface area contributed by atoms with Crippen LogP contribution in [0.25, 0.3) is 0 Å². The normalized spacial score (nSPS) is 10.6. The summed E-state index contributed by atoms with van der Waals surface area (Å²) in [6.45, 7) is 2.21. The number of nitrogens with one attached hydrogen (secondary N) is 1. The first kappa shape index (κ1) is 13.7. The number of hydrogen-bond donors (Lipinski definition) is 1. The first-order chi connectivity index (χ1) is 8.97. The van der Waals surface area contributed by atoms with Crippen LogP contribution in [0.3, 0.4) is 0 Å². The Bertz CT molecular complexity index is 591. The third-order valence-corrected chi connectivity index (χ3v) is 3.03. The molecule has 0 aromatic heterocycles. The lowest BCUT2D eigenvalue weighted by atomic mass is 10.1. The van der Waals surface area contributed by atoms with Crippen molar-refractivity contribution in [2.24, 2.45) is 0 Å². The van der Waals surface area contributed by atoms with Crippen LogP contribution < -0.4 is 5.32 Å². The van der Waals surface area contributed by atoms with E-state index in [0.717, 1.165) is 23.3 Å². The molecule has 0 heterocycles. The maximum atomic E-state index is 13.0. The van der Waals surface area contributed by atoms with Gasteiger partial charge in [0.25, 0.3) is 0 Å². The zero-order valence-corrected chi connectivity index (χ0v) is 10.9. The van der Waals surface area contributed by atoms with Crippen molar-refractivity contribution in [1.29, 1.82) is 0 Å². The van der Waals surface area contributed by atoms with Gasteiger partial charge in [0.15, 0.2) is 17.5 Å². The molecule has 0 aliphatic carbocycles. The van der Waals surface area contributed by atoms with E-state index in [1.54, 1.807) is 6.07 Å². The fourth-order valence-corrected chi connectivity index (χ4v) is 1.95. The van der Waals surface area contributed by atoms with Gasteiger partial charge in [-0.3, -0.25) is 0 Å². The molecule has 0 aliphatic rings. The van der Waals surface area contributed by atoms with Gasteiger partial charge < -0.3 is 5.32 Å². The van der Waals surface area contributed by atoms with Crippen LogP contribution in [0.5, 0.6) is 0 Å². The van der Waals surface area contributed by atoms with E-state index >= 15 is 0 Å². The summed E-state index contributed by atoms with van der Waals surface area (Å²) in [5.74, 6) is -3.92. The molecule has 2 aromatic carbocycles. The number of benzene rings is 2. The van der Waals surface area contributed by atoms with Crippen molar-refractivity contribution in [3.8, 4) is 0 Å². The van der Waals surface area contributed by atoms with Gasteiger partial charge in [0.2, 0.25) is 0 Å². The van der Waals surface area contributed by atoms with Crippen molar-refractivity contribution in [2.45, 2.75) is 13.5 Å². The van der Waals surface area contributed by atoms with E-state index in [1.165, 1.54) is 0 Å². The molecular formula is C14H11ClF3N. The van der Waals surface area contributed by atoms with Crippen LogP contribution >= 0.6 is 11.6 Å². The number of halogens is 4. The molecule has 0 unspecified atom stereocenters. The Morgan fingerprint density at radius 2 is 1.68 bits per heavy atom. The molecule has 0 atom stereocenters. The van der Waals surface area contributed by atoms with Crippen LogP contribution in [0.1, 0.15) is 11.1 Å². The van der Waals surface area contributed by atoms with Gasteiger partial charge in [-0.2, -0.15) is 0 Å². The Hall–Kier alpha value is -1.68. The fraction of sp³-hybridized carbons (Fsp3) is 0.143. The lowest BCUT2D eigenvalue weighted by Crippen LogP contribution is -2.02. The molecule has 0 fully saturated rings. The van der Waals surface area contributed by atoms with Crippen LogP contribution in [-0.2, 0) is 6.54 Å². The molecule has 0 spiro atoms. The van der Waals surface area contributed by atoms with Crippen LogP contribution in [-0.4, -0.2) is 0 Å². The van der Waals surface area contributed by atoms with Crippen molar-refractivity contribution < 1.29 is 13.2 Å². The molecule has 19 heavy (non-hydrogen) atoms. The summed E-state index contributed by atoms with van der Waals surface area (Å²) < 4.78 is 38.8. The molecule has 0 bridgehead atoms. The smallest absolute Gasteiger partial charge is 0.194 e. The van der Waals surface area contributed by atoms with E-state index in [-0.39, 0.29) is 5.69 Å².